The van der Waals surface area contributed by atoms with Gasteiger partial charge in [-0.25, -0.2) is 4.79 Å². The van der Waals surface area contributed by atoms with E-state index in [9.17, 15) is 15.0 Å². The van der Waals surface area contributed by atoms with Gasteiger partial charge >= 0.3 is 5.97 Å². The summed E-state index contributed by atoms with van der Waals surface area (Å²) in [4.78, 5) is 11.5. The smallest absolute Gasteiger partial charge is 0.336 e. The predicted molar refractivity (Wildman–Crippen MR) is 85.6 cm³/mol. The summed E-state index contributed by atoms with van der Waals surface area (Å²) >= 11 is 0. The number of hydrogen-bond donors (Lipinski definition) is 3. The molecule has 2 aromatic rings. The fraction of sp³-hybridized carbons (Fsp3) is 0.118. The van der Waals surface area contributed by atoms with Crippen LogP contribution in [0, 0.1) is 0 Å². The first-order valence-corrected chi connectivity index (χ1v) is 6.78. The van der Waals surface area contributed by atoms with Crippen molar-refractivity contribution in [2.24, 2.45) is 0 Å². The molecule has 0 aliphatic carbocycles. The molecule has 2 aromatic carbocycles. The van der Waals surface area contributed by atoms with Crippen LogP contribution in [0.5, 0.6) is 11.5 Å². The monoisotopic (exact) mass is 299 g/mol. The Bertz CT molecular complexity index is 705. The number of nitrogen functional groups attached to an aromatic ring is 1. The number of ether oxygens (including phenoxy) is 1. The third-order valence-electron chi connectivity index (χ3n) is 3.05. The summed E-state index contributed by atoms with van der Waals surface area (Å²) in [5, 5.41) is 19.1. The first kappa shape index (κ1) is 15.4. The normalized spacial score (nSPS) is 11.2. The Labute approximate surface area is 128 Å². The number of carboxylic acids is 1. The van der Waals surface area contributed by atoms with Gasteiger partial charge in [-0.05, 0) is 48.4 Å². The maximum Gasteiger partial charge on any atom is 0.336 e. The van der Waals surface area contributed by atoms with Crippen LogP contribution >= 0.6 is 0 Å². The van der Waals surface area contributed by atoms with Gasteiger partial charge in [-0.2, -0.15) is 0 Å². The summed E-state index contributed by atoms with van der Waals surface area (Å²) in [6, 6.07) is 11.3. The van der Waals surface area contributed by atoms with Gasteiger partial charge in [0.05, 0.1) is 12.2 Å². The molecule has 114 valence electrons. The lowest BCUT2D eigenvalue weighted by Gasteiger charge is -2.08. The number of aromatic hydroxyl groups is 1. The molecule has 0 heterocycles. The Balaban J connectivity index is 2.44. The van der Waals surface area contributed by atoms with Gasteiger partial charge in [0.15, 0.2) is 11.5 Å². The van der Waals surface area contributed by atoms with Gasteiger partial charge in [0, 0.05) is 5.69 Å². The molecule has 2 rings (SSSR count). The minimum Gasteiger partial charge on any atom is -0.504 e. The van der Waals surface area contributed by atoms with Crippen LogP contribution in [-0.4, -0.2) is 22.8 Å². The van der Waals surface area contributed by atoms with E-state index in [4.69, 9.17) is 10.5 Å². The Morgan fingerprint density at radius 1 is 1.23 bits per heavy atom. The van der Waals surface area contributed by atoms with Crippen molar-refractivity contribution in [1.82, 2.24) is 0 Å². The van der Waals surface area contributed by atoms with E-state index in [1.54, 1.807) is 43.3 Å². The maximum absolute atomic E-state index is 11.5. The molecular formula is C17H17NO4. The van der Waals surface area contributed by atoms with Gasteiger partial charge in [0.2, 0.25) is 0 Å². The van der Waals surface area contributed by atoms with E-state index in [0.717, 1.165) is 0 Å². The van der Waals surface area contributed by atoms with Crippen molar-refractivity contribution in [3.8, 4) is 11.5 Å². The molecular weight excluding hydrogens is 282 g/mol. The Kier molecular flexibility index (Phi) is 4.68. The molecule has 0 bridgehead atoms. The summed E-state index contributed by atoms with van der Waals surface area (Å²) in [6.45, 7) is 2.21. The lowest BCUT2D eigenvalue weighted by molar-refractivity contribution is -0.130. The third kappa shape index (κ3) is 3.58. The number of nitrogens with two attached hydrogens (primary N) is 1. The largest absolute Gasteiger partial charge is 0.504 e. The number of carboxylic acid groups (broad SMARTS) is 1. The molecule has 0 amide bonds. The Hall–Kier alpha value is -2.95. The summed E-state index contributed by atoms with van der Waals surface area (Å²) < 4.78 is 5.30. The second kappa shape index (κ2) is 6.67. The first-order chi connectivity index (χ1) is 10.5. The lowest BCUT2D eigenvalue weighted by atomic mass is 10.0. The second-order valence-corrected chi connectivity index (χ2v) is 4.65. The SMILES string of the molecule is CCOc1cc(/C=C(\C(=O)O)c2ccc(N)cc2)ccc1O. The highest BCUT2D eigenvalue weighted by Gasteiger charge is 2.11. The molecule has 5 heteroatoms. The van der Waals surface area contributed by atoms with Crippen molar-refractivity contribution < 1.29 is 19.7 Å². The van der Waals surface area contributed by atoms with Crippen molar-refractivity contribution >= 4 is 23.3 Å². The van der Waals surface area contributed by atoms with Crippen LogP contribution in [0.4, 0.5) is 5.69 Å². The molecule has 22 heavy (non-hydrogen) atoms. The fourth-order valence-electron chi connectivity index (χ4n) is 1.99. The van der Waals surface area contributed by atoms with E-state index < -0.39 is 5.97 Å². The number of carbonyl (C=O) groups is 1. The van der Waals surface area contributed by atoms with Gasteiger partial charge in [-0.3, -0.25) is 0 Å². The molecule has 0 unspecified atom stereocenters. The Morgan fingerprint density at radius 2 is 1.91 bits per heavy atom. The van der Waals surface area contributed by atoms with Crippen molar-refractivity contribution in [2.75, 3.05) is 12.3 Å². The number of aliphatic carboxylic acids is 1. The molecule has 4 N–H and O–H groups in total. The van der Waals surface area contributed by atoms with E-state index in [0.29, 0.717) is 29.2 Å². The molecule has 0 aromatic heterocycles. The maximum atomic E-state index is 11.5. The van der Waals surface area contributed by atoms with Crippen molar-refractivity contribution in [2.45, 2.75) is 6.92 Å². The molecule has 0 saturated heterocycles. The standard InChI is InChI=1S/C17H17NO4/c1-2-22-16-10-11(3-8-15(16)19)9-14(17(20)21)12-4-6-13(18)7-5-12/h3-10,19H,2,18H2,1H3,(H,20,21)/b14-9-. The van der Waals surface area contributed by atoms with Crippen LogP contribution in [0.3, 0.4) is 0 Å². The quantitative estimate of drug-likeness (QED) is 0.448. The number of phenols is 1. The van der Waals surface area contributed by atoms with E-state index in [-0.39, 0.29) is 11.3 Å². The Morgan fingerprint density at radius 3 is 2.50 bits per heavy atom. The van der Waals surface area contributed by atoms with Crippen LogP contribution < -0.4 is 10.5 Å². The molecule has 0 fully saturated rings. The summed E-state index contributed by atoms with van der Waals surface area (Å²) in [7, 11) is 0. The van der Waals surface area contributed by atoms with Crippen LogP contribution in [0.2, 0.25) is 0 Å². The van der Waals surface area contributed by atoms with Crippen molar-refractivity contribution in [3.63, 3.8) is 0 Å². The van der Waals surface area contributed by atoms with Crippen molar-refractivity contribution in [3.05, 3.63) is 53.6 Å². The molecule has 0 atom stereocenters. The van der Waals surface area contributed by atoms with Crippen LogP contribution in [0.25, 0.3) is 11.6 Å². The zero-order valence-corrected chi connectivity index (χ0v) is 12.1. The summed E-state index contributed by atoms with van der Waals surface area (Å²) in [5.41, 5.74) is 7.48. The van der Waals surface area contributed by atoms with Crippen LogP contribution in [0.1, 0.15) is 18.1 Å². The summed E-state index contributed by atoms with van der Waals surface area (Å²) in [5.74, 6) is -0.711. The summed E-state index contributed by atoms with van der Waals surface area (Å²) in [6.07, 6.45) is 1.52. The lowest BCUT2D eigenvalue weighted by Crippen LogP contribution is -2.00. The van der Waals surface area contributed by atoms with E-state index in [1.165, 1.54) is 12.1 Å². The number of rotatable bonds is 5. The van der Waals surface area contributed by atoms with Gasteiger partial charge in [-0.1, -0.05) is 18.2 Å². The van der Waals surface area contributed by atoms with E-state index in [1.807, 2.05) is 0 Å². The minimum atomic E-state index is -1.05. The third-order valence-corrected chi connectivity index (χ3v) is 3.05. The minimum absolute atomic E-state index is 0.0170. The van der Waals surface area contributed by atoms with Gasteiger partial charge in [0.1, 0.15) is 0 Å². The van der Waals surface area contributed by atoms with E-state index in [2.05, 4.69) is 0 Å². The molecule has 0 aliphatic heterocycles. The van der Waals surface area contributed by atoms with Gasteiger partial charge in [-0.15, -0.1) is 0 Å². The average Bonchev–Trinajstić information content (AvgIpc) is 2.49. The zero-order chi connectivity index (χ0) is 16.1. The number of phenolic OH excluding ortho intramolecular Hbond substituents is 1. The van der Waals surface area contributed by atoms with Gasteiger partial charge in [0.25, 0.3) is 0 Å². The fourth-order valence-corrected chi connectivity index (χ4v) is 1.99. The highest BCUT2D eigenvalue weighted by Crippen LogP contribution is 2.29. The topological polar surface area (TPSA) is 92.8 Å². The zero-order valence-electron chi connectivity index (χ0n) is 12.1. The average molecular weight is 299 g/mol. The van der Waals surface area contributed by atoms with Crippen molar-refractivity contribution in [1.29, 1.82) is 0 Å². The predicted octanol–water partition coefficient (Wildman–Crippen LogP) is 3.00. The van der Waals surface area contributed by atoms with Crippen LogP contribution in [0.15, 0.2) is 42.5 Å². The molecule has 5 nitrogen and oxygen atoms in total. The highest BCUT2D eigenvalue weighted by molar-refractivity contribution is 6.20. The second-order valence-electron chi connectivity index (χ2n) is 4.65. The van der Waals surface area contributed by atoms with Crippen LogP contribution in [-0.2, 0) is 4.79 Å². The molecule has 0 saturated carbocycles. The van der Waals surface area contributed by atoms with Gasteiger partial charge < -0.3 is 20.7 Å². The number of hydrogen-bond acceptors (Lipinski definition) is 4. The number of anilines is 1. The van der Waals surface area contributed by atoms with E-state index >= 15 is 0 Å². The number of benzene rings is 2. The first-order valence-electron chi connectivity index (χ1n) is 6.78. The molecule has 0 aliphatic rings. The highest BCUT2D eigenvalue weighted by atomic mass is 16.5. The molecule has 0 spiro atoms. The molecule has 0 radical (unpaired) electrons.